The Morgan fingerprint density at radius 3 is 2.56 bits per heavy atom. The highest BCUT2D eigenvalue weighted by molar-refractivity contribution is 5.82. The van der Waals surface area contributed by atoms with Gasteiger partial charge in [0.15, 0.2) is 0 Å². The highest BCUT2D eigenvalue weighted by Gasteiger charge is 2.38. The van der Waals surface area contributed by atoms with E-state index in [4.69, 9.17) is 4.74 Å². The minimum Gasteiger partial charge on any atom is -0.495 e. The lowest BCUT2D eigenvalue weighted by molar-refractivity contribution is -0.129. The smallest absolute Gasteiger partial charge is 0.231 e. The molecule has 2 rings (SSSR count). The van der Waals surface area contributed by atoms with Crippen LogP contribution in [0.5, 0.6) is 0 Å². The second kappa shape index (κ2) is 4.48. The molecular formula is C13H21NO2. The molecule has 0 saturated heterocycles. The van der Waals surface area contributed by atoms with E-state index in [0.29, 0.717) is 6.04 Å². The first kappa shape index (κ1) is 11.5. The van der Waals surface area contributed by atoms with E-state index in [1.165, 1.54) is 19.3 Å². The summed E-state index contributed by atoms with van der Waals surface area (Å²) in [7, 11) is 0. The van der Waals surface area contributed by atoms with Gasteiger partial charge in [-0.05, 0) is 32.8 Å². The summed E-state index contributed by atoms with van der Waals surface area (Å²) in [5.74, 6) is -0.0277. The number of rotatable bonds is 2. The molecule has 90 valence electrons. The first-order chi connectivity index (χ1) is 7.59. The number of hydrogen-bond donors (Lipinski definition) is 1. The molecule has 1 atom stereocenters. The maximum Gasteiger partial charge on any atom is 0.231 e. The molecule has 16 heavy (non-hydrogen) atoms. The Labute approximate surface area is 97.2 Å². The van der Waals surface area contributed by atoms with Crippen LogP contribution in [0.15, 0.2) is 12.3 Å². The van der Waals surface area contributed by atoms with Gasteiger partial charge in [-0.1, -0.05) is 19.3 Å². The van der Waals surface area contributed by atoms with Gasteiger partial charge in [-0.3, -0.25) is 4.79 Å². The van der Waals surface area contributed by atoms with Gasteiger partial charge >= 0.3 is 0 Å². The summed E-state index contributed by atoms with van der Waals surface area (Å²) < 4.78 is 5.42. The first-order valence-corrected chi connectivity index (χ1v) is 6.24. The highest BCUT2D eigenvalue weighted by Crippen LogP contribution is 2.29. The van der Waals surface area contributed by atoms with Gasteiger partial charge in [-0.25, -0.2) is 0 Å². The maximum atomic E-state index is 12.1. The molecule has 0 aromatic carbocycles. The summed E-state index contributed by atoms with van der Waals surface area (Å²) in [6, 6.07) is 0.381. The Bertz CT molecular complexity index is 290. The summed E-state index contributed by atoms with van der Waals surface area (Å²) in [4.78, 5) is 12.1. The van der Waals surface area contributed by atoms with Crippen LogP contribution in [0, 0.1) is 5.92 Å². The van der Waals surface area contributed by atoms with Crippen LogP contribution in [0.3, 0.4) is 0 Å². The Kier molecular flexibility index (Phi) is 3.22. The van der Waals surface area contributed by atoms with Crippen molar-refractivity contribution in [3.05, 3.63) is 12.3 Å². The average molecular weight is 223 g/mol. The van der Waals surface area contributed by atoms with Crippen LogP contribution >= 0.6 is 0 Å². The number of carbonyl (C=O) groups is 1. The zero-order valence-corrected chi connectivity index (χ0v) is 10.2. The lowest BCUT2D eigenvalue weighted by Crippen LogP contribution is -2.45. The molecule has 0 spiro atoms. The predicted octanol–water partition coefficient (Wildman–Crippen LogP) is 2.37. The van der Waals surface area contributed by atoms with E-state index in [2.05, 4.69) is 5.32 Å². The molecule has 2 aliphatic rings. The van der Waals surface area contributed by atoms with Crippen molar-refractivity contribution in [1.82, 2.24) is 5.32 Å². The van der Waals surface area contributed by atoms with Gasteiger partial charge in [0.25, 0.3) is 0 Å². The third-order valence-electron chi connectivity index (χ3n) is 3.63. The summed E-state index contributed by atoms with van der Waals surface area (Å²) in [5, 5.41) is 3.15. The minimum atomic E-state index is -0.390. The fourth-order valence-corrected chi connectivity index (χ4v) is 2.54. The number of carbonyl (C=O) groups excluding carboxylic acids is 1. The van der Waals surface area contributed by atoms with E-state index in [0.717, 1.165) is 12.8 Å². The Morgan fingerprint density at radius 2 is 2.00 bits per heavy atom. The number of amides is 1. The number of nitrogens with one attached hydrogen (secondary N) is 1. The van der Waals surface area contributed by atoms with E-state index in [1.54, 1.807) is 6.26 Å². The molecule has 1 aliphatic carbocycles. The van der Waals surface area contributed by atoms with Gasteiger partial charge in [0.1, 0.15) is 5.60 Å². The van der Waals surface area contributed by atoms with Gasteiger partial charge < -0.3 is 10.1 Å². The van der Waals surface area contributed by atoms with Gasteiger partial charge in [0.05, 0.1) is 12.2 Å². The quantitative estimate of drug-likeness (QED) is 0.780. The SMILES string of the molecule is CC1(C)OC=CC1C(=O)NC1CCCCC1. The van der Waals surface area contributed by atoms with Crippen LogP contribution in [0.4, 0.5) is 0 Å². The molecule has 1 saturated carbocycles. The first-order valence-electron chi connectivity index (χ1n) is 6.24. The Morgan fingerprint density at radius 1 is 1.31 bits per heavy atom. The monoisotopic (exact) mass is 223 g/mol. The van der Waals surface area contributed by atoms with Crippen molar-refractivity contribution in [2.24, 2.45) is 5.92 Å². The lowest BCUT2D eigenvalue weighted by Gasteiger charge is -2.28. The second-order valence-corrected chi connectivity index (χ2v) is 5.37. The molecule has 1 aliphatic heterocycles. The second-order valence-electron chi connectivity index (χ2n) is 5.37. The number of hydrogen-bond acceptors (Lipinski definition) is 2. The van der Waals surface area contributed by atoms with Crippen LogP contribution in [0.2, 0.25) is 0 Å². The largest absolute Gasteiger partial charge is 0.495 e. The zero-order chi connectivity index (χ0) is 11.6. The van der Waals surface area contributed by atoms with Crippen LogP contribution in [-0.2, 0) is 9.53 Å². The average Bonchev–Trinajstić information content (AvgIpc) is 2.59. The van der Waals surface area contributed by atoms with Crippen LogP contribution in [0.1, 0.15) is 46.0 Å². The molecule has 1 fully saturated rings. The zero-order valence-electron chi connectivity index (χ0n) is 10.2. The van der Waals surface area contributed by atoms with E-state index in [-0.39, 0.29) is 11.8 Å². The van der Waals surface area contributed by atoms with Crippen molar-refractivity contribution in [3.63, 3.8) is 0 Å². The minimum absolute atomic E-state index is 0.116. The normalized spacial score (nSPS) is 28.8. The predicted molar refractivity (Wildman–Crippen MR) is 62.8 cm³/mol. The van der Waals surface area contributed by atoms with Crippen LogP contribution in [-0.4, -0.2) is 17.6 Å². The topological polar surface area (TPSA) is 38.3 Å². The fraction of sp³-hybridized carbons (Fsp3) is 0.769. The Hall–Kier alpha value is -0.990. The molecular weight excluding hydrogens is 202 g/mol. The van der Waals surface area contributed by atoms with Gasteiger partial charge in [-0.15, -0.1) is 0 Å². The van der Waals surface area contributed by atoms with Gasteiger partial charge in [0, 0.05) is 6.04 Å². The highest BCUT2D eigenvalue weighted by atomic mass is 16.5. The van der Waals surface area contributed by atoms with Crippen LogP contribution in [0.25, 0.3) is 0 Å². The van der Waals surface area contributed by atoms with Crippen LogP contribution < -0.4 is 5.32 Å². The molecule has 3 heteroatoms. The third kappa shape index (κ3) is 2.39. The van der Waals surface area contributed by atoms with Crippen molar-refractivity contribution in [2.75, 3.05) is 0 Å². The molecule has 1 unspecified atom stereocenters. The summed E-state index contributed by atoms with van der Waals surface area (Å²) in [6.07, 6.45) is 9.55. The molecule has 1 N–H and O–H groups in total. The molecule has 0 aromatic rings. The summed E-state index contributed by atoms with van der Waals surface area (Å²) in [6.45, 7) is 3.91. The van der Waals surface area contributed by atoms with Gasteiger partial charge in [-0.2, -0.15) is 0 Å². The van der Waals surface area contributed by atoms with Gasteiger partial charge in [0.2, 0.25) is 5.91 Å². The van der Waals surface area contributed by atoms with E-state index in [9.17, 15) is 4.79 Å². The van der Waals surface area contributed by atoms with E-state index in [1.807, 2.05) is 19.9 Å². The van der Waals surface area contributed by atoms with Crippen molar-refractivity contribution < 1.29 is 9.53 Å². The van der Waals surface area contributed by atoms with E-state index >= 15 is 0 Å². The van der Waals surface area contributed by atoms with Crippen molar-refractivity contribution in [2.45, 2.75) is 57.6 Å². The third-order valence-corrected chi connectivity index (χ3v) is 3.63. The summed E-state index contributed by atoms with van der Waals surface area (Å²) in [5.41, 5.74) is -0.390. The molecule has 1 heterocycles. The maximum absolute atomic E-state index is 12.1. The Balaban J connectivity index is 1.90. The molecule has 3 nitrogen and oxygen atoms in total. The number of ether oxygens (including phenoxy) is 1. The molecule has 0 radical (unpaired) electrons. The molecule has 1 amide bonds. The molecule has 0 aromatic heterocycles. The fourth-order valence-electron chi connectivity index (χ4n) is 2.54. The van der Waals surface area contributed by atoms with Crippen molar-refractivity contribution in [3.8, 4) is 0 Å². The van der Waals surface area contributed by atoms with Crippen molar-refractivity contribution in [1.29, 1.82) is 0 Å². The molecule has 0 bridgehead atoms. The van der Waals surface area contributed by atoms with E-state index < -0.39 is 5.60 Å². The lowest BCUT2D eigenvalue weighted by atomic mass is 9.90. The van der Waals surface area contributed by atoms with Crippen molar-refractivity contribution >= 4 is 5.91 Å². The summed E-state index contributed by atoms with van der Waals surface area (Å²) >= 11 is 0. The standard InChI is InChI=1S/C13H21NO2/c1-13(2)11(8-9-16-13)12(15)14-10-6-4-3-5-7-10/h8-11H,3-7H2,1-2H3,(H,14,15).